The number of anilines is 1. The standard InChI is InChI=1S/C16H23N3O/c17-14-8-6-12-19(15-9-3-2-7-13(14)15)16(20)18-10-4-1-5-11-18/h2-3,7,9,14H,1,4-6,8,10-12,17H2. The van der Waals surface area contributed by atoms with E-state index in [-0.39, 0.29) is 12.1 Å². The van der Waals surface area contributed by atoms with E-state index in [9.17, 15) is 4.79 Å². The summed E-state index contributed by atoms with van der Waals surface area (Å²) in [6.45, 7) is 2.56. The highest BCUT2D eigenvalue weighted by atomic mass is 16.2. The molecule has 0 aliphatic carbocycles. The molecule has 1 aromatic carbocycles. The number of urea groups is 1. The van der Waals surface area contributed by atoms with Crippen LogP contribution in [0.2, 0.25) is 0 Å². The van der Waals surface area contributed by atoms with Crippen LogP contribution in [-0.4, -0.2) is 30.6 Å². The molecule has 1 saturated heterocycles. The summed E-state index contributed by atoms with van der Waals surface area (Å²) in [7, 11) is 0. The minimum Gasteiger partial charge on any atom is -0.324 e. The Balaban J connectivity index is 1.88. The van der Waals surface area contributed by atoms with Crippen molar-refractivity contribution in [3.8, 4) is 0 Å². The molecule has 4 nitrogen and oxygen atoms in total. The van der Waals surface area contributed by atoms with Crippen molar-refractivity contribution >= 4 is 11.7 Å². The normalized spacial score (nSPS) is 23.1. The van der Waals surface area contributed by atoms with Gasteiger partial charge in [0.1, 0.15) is 0 Å². The third-order valence-electron chi connectivity index (χ3n) is 4.38. The van der Waals surface area contributed by atoms with E-state index in [0.717, 1.165) is 56.6 Å². The van der Waals surface area contributed by atoms with E-state index in [4.69, 9.17) is 5.73 Å². The van der Waals surface area contributed by atoms with Crippen molar-refractivity contribution in [2.45, 2.75) is 38.1 Å². The molecule has 20 heavy (non-hydrogen) atoms. The molecule has 2 heterocycles. The molecule has 1 aromatic rings. The van der Waals surface area contributed by atoms with Gasteiger partial charge in [-0.2, -0.15) is 0 Å². The van der Waals surface area contributed by atoms with Gasteiger partial charge in [-0.1, -0.05) is 18.2 Å². The number of carbonyl (C=O) groups excluding carboxylic acids is 1. The number of hydrogen-bond acceptors (Lipinski definition) is 2. The number of nitrogens with two attached hydrogens (primary N) is 1. The zero-order valence-corrected chi connectivity index (χ0v) is 11.9. The molecule has 0 spiro atoms. The molecule has 2 aliphatic rings. The van der Waals surface area contributed by atoms with Crippen molar-refractivity contribution < 1.29 is 4.79 Å². The van der Waals surface area contributed by atoms with Gasteiger partial charge >= 0.3 is 6.03 Å². The van der Waals surface area contributed by atoms with E-state index in [2.05, 4.69) is 6.07 Å². The second-order valence-corrected chi connectivity index (χ2v) is 5.79. The topological polar surface area (TPSA) is 49.6 Å². The van der Waals surface area contributed by atoms with Gasteiger partial charge in [0.2, 0.25) is 0 Å². The Morgan fingerprint density at radius 2 is 1.80 bits per heavy atom. The first-order chi connectivity index (χ1) is 9.77. The van der Waals surface area contributed by atoms with Crippen LogP contribution in [-0.2, 0) is 0 Å². The van der Waals surface area contributed by atoms with Crippen LogP contribution in [0.15, 0.2) is 24.3 Å². The van der Waals surface area contributed by atoms with Crippen molar-refractivity contribution in [2.75, 3.05) is 24.5 Å². The third kappa shape index (κ3) is 2.52. The second kappa shape index (κ2) is 5.83. The number of carbonyl (C=O) groups is 1. The molecule has 108 valence electrons. The number of amides is 2. The van der Waals surface area contributed by atoms with Crippen molar-refractivity contribution in [2.24, 2.45) is 5.73 Å². The van der Waals surface area contributed by atoms with E-state index in [0.29, 0.717) is 0 Å². The molecule has 0 aromatic heterocycles. The van der Waals surface area contributed by atoms with Gasteiger partial charge in [-0.3, -0.25) is 4.90 Å². The Kier molecular flexibility index (Phi) is 3.92. The van der Waals surface area contributed by atoms with Crippen LogP contribution in [0.1, 0.15) is 43.7 Å². The lowest BCUT2D eigenvalue weighted by atomic mass is 10.0. The monoisotopic (exact) mass is 273 g/mol. The summed E-state index contributed by atoms with van der Waals surface area (Å²) in [5.74, 6) is 0. The number of benzene rings is 1. The number of hydrogen-bond donors (Lipinski definition) is 1. The molecule has 1 fully saturated rings. The quantitative estimate of drug-likeness (QED) is 0.790. The minimum atomic E-state index is 0.0466. The van der Waals surface area contributed by atoms with E-state index >= 15 is 0 Å². The second-order valence-electron chi connectivity index (χ2n) is 5.79. The van der Waals surface area contributed by atoms with Crippen LogP contribution in [0.3, 0.4) is 0 Å². The van der Waals surface area contributed by atoms with Gasteiger partial charge in [0, 0.05) is 25.7 Å². The summed E-state index contributed by atoms with van der Waals surface area (Å²) in [5, 5.41) is 0. The van der Waals surface area contributed by atoms with Gasteiger partial charge < -0.3 is 10.6 Å². The molecular formula is C16H23N3O. The lowest BCUT2D eigenvalue weighted by molar-refractivity contribution is 0.193. The summed E-state index contributed by atoms with van der Waals surface area (Å²) in [5.41, 5.74) is 8.35. The van der Waals surface area contributed by atoms with Gasteiger partial charge in [0.05, 0.1) is 5.69 Å². The summed E-state index contributed by atoms with van der Waals surface area (Å²) in [6.07, 6.45) is 5.41. The maximum atomic E-state index is 12.8. The van der Waals surface area contributed by atoms with E-state index in [1.165, 1.54) is 6.42 Å². The lowest BCUT2D eigenvalue weighted by Gasteiger charge is -2.33. The molecule has 0 saturated carbocycles. The lowest BCUT2D eigenvalue weighted by Crippen LogP contribution is -2.46. The molecule has 2 aliphatic heterocycles. The number of para-hydroxylation sites is 1. The molecule has 1 atom stereocenters. The highest BCUT2D eigenvalue weighted by Crippen LogP contribution is 2.32. The van der Waals surface area contributed by atoms with Crippen molar-refractivity contribution in [1.29, 1.82) is 0 Å². The van der Waals surface area contributed by atoms with Crippen LogP contribution in [0.4, 0.5) is 10.5 Å². The smallest absolute Gasteiger partial charge is 0.324 e. The largest absolute Gasteiger partial charge is 0.324 e. The van der Waals surface area contributed by atoms with Gasteiger partial charge in [-0.15, -0.1) is 0 Å². The number of piperidine rings is 1. The van der Waals surface area contributed by atoms with Crippen LogP contribution in [0.25, 0.3) is 0 Å². The highest BCUT2D eigenvalue weighted by molar-refractivity contribution is 5.93. The van der Waals surface area contributed by atoms with E-state index in [1.54, 1.807) is 0 Å². The van der Waals surface area contributed by atoms with Crippen molar-refractivity contribution in [3.05, 3.63) is 29.8 Å². The molecule has 4 heteroatoms. The Morgan fingerprint density at radius 1 is 1.05 bits per heavy atom. The minimum absolute atomic E-state index is 0.0466. The maximum absolute atomic E-state index is 12.8. The zero-order chi connectivity index (χ0) is 13.9. The van der Waals surface area contributed by atoms with Gasteiger partial charge in [0.15, 0.2) is 0 Å². The first-order valence-electron chi connectivity index (χ1n) is 7.68. The molecule has 0 radical (unpaired) electrons. The molecule has 2 amide bonds. The predicted molar refractivity (Wildman–Crippen MR) is 80.8 cm³/mol. The van der Waals surface area contributed by atoms with E-state index < -0.39 is 0 Å². The number of nitrogens with zero attached hydrogens (tertiary/aromatic N) is 2. The highest BCUT2D eigenvalue weighted by Gasteiger charge is 2.28. The molecule has 0 bridgehead atoms. The van der Waals surface area contributed by atoms with E-state index in [1.807, 2.05) is 28.0 Å². The van der Waals surface area contributed by atoms with Crippen molar-refractivity contribution in [3.63, 3.8) is 0 Å². The van der Waals surface area contributed by atoms with Crippen LogP contribution in [0.5, 0.6) is 0 Å². The molecule has 1 unspecified atom stereocenters. The van der Waals surface area contributed by atoms with Gasteiger partial charge in [0.25, 0.3) is 0 Å². The summed E-state index contributed by atoms with van der Waals surface area (Å²) < 4.78 is 0. The Hall–Kier alpha value is -1.55. The SMILES string of the molecule is NC1CCCN(C(=O)N2CCCCC2)c2ccccc21. The van der Waals surface area contributed by atoms with Gasteiger partial charge in [-0.25, -0.2) is 4.79 Å². The van der Waals surface area contributed by atoms with Crippen molar-refractivity contribution in [1.82, 2.24) is 4.90 Å². The molecular weight excluding hydrogens is 250 g/mol. The van der Waals surface area contributed by atoms with Crippen LogP contribution >= 0.6 is 0 Å². The average molecular weight is 273 g/mol. The Morgan fingerprint density at radius 3 is 2.60 bits per heavy atom. The first kappa shape index (κ1) is 13.4. The Bertz CT molecular complexity index is 482. The Labute approximate surface area is 120 Å². The summed E-state index contributed by atoms with van der Waals surface area (Å²) in [4.78, 5) is 16.7. The van der Waals surface area contributed by atoms with Gasteiger partial charge in [-0.05, 0) is 43.7 Å². The average Bonchev–Trinajstić information content (AvgIpc) is 2.67. The zero-order valence-electron chi connectivity index (χ0n) is 11.9. The number of fused-ring (bicyclic) bond motifs is 1. The predicted octanol–water partition coefficient (Wildman–Crippen LogP) is 2.89. The fraction of sp³-hybridized carbons (Fsp3) is 0.562. The number of rotatable bonds is 0. The molecule has 3 rings (SSSR count). The van der Waals surface area contributed by atoms with Crippen LogP contribution < -0.4 is 10.6 Å². The summed E-state index contributed by atoms with van der Waals surface area (Å²) in [6, 6.07) is 8.29. The fourth-order valence-electron chi connectivity index (χ4n) is 3.25. The number of likely N-dealkylation sites (tertiary alicyclic amines) is 1. The molecule has 2 N–H and O–H groups in total. The fourth-order valence-corrected chi connectivity index (χ4v) is 3.25. The third-order valence-corrected chi connectivity index (χ3v) is 4.38. The van der Waals surface area contributed by atoms with Crippen LogP contribution in [0, 0.1) is 0 Å². The summed E-state index contributed by atoms with van der Waals surface area (Å²) >= 11 is 0. The maximum Gasteiger partial charge on any atom is 0.324 e. The first-order valence-corrected chi connectivity index (χ1v) is 7.68.